The molecule has 57 heavy (non-hydrogen) atoms. The van der Waals surface area contributed by atoms with Gasteiger partial charge >= 0.3 is 0 Å². The zero-order valence-corrected chi connectivity index (χ0v) is 31.3. The molecule has 0 spiro atoms. The molecule has 0 fully saturated rings. The van der Waals surface area contributed by atoms with E-state index in [2.05, 4.69) is 171 Å². The second-order valence-corrected chi connectivity index (χ2v) is 15.4. The molecule has 270 valence electrons. The molecule has 5 heteroatoms. The summed E-state index contributed by atoms with van der Waals surface area (Å²) < 4.78 is 4.66. The average Bonchev–Trinajstić information content (AvgIpc) is 3.90. The number of pyridine rings is 3. The standard InChI is InChI=1S/C52H37N5/c1-3-13-36(14-4-1)52(37-15-5-2-6-16-37)43-19-9-7-17-40(43)42-33-47-48(55-51(42)52)41-18-8-10-20-44(41)56(47)38-27-23-34(24-28-38)35-25-29-39(30-26-35)57-45-21-11-31-53-49(45)50-46(57)22-12-32-54-50/h1,3-5,8-16,18-33H,2,6-7,17H2. The van der Waals surface area contributed by atoms with Crippen molar-refractivity contribution in [2.24, 2.45) is 0 Å². The Morgan fingerprint density at radius 3 is 1.84 bits per heavy atom. The SMILES string of the molecule is C1=CC(C2(c3ccccc3)C3=C(CCC=C3)c3cc4c(nc32)c2ccccc2n4-c2ccc(-c3ccc(-n4c5cccnc5c5ncccc54)cc3)cc2)=CCC1. The van der Waals surface area contributed by atoms with Crippen molar-refractivity contribution < 1.29 is 0 Å². The van der Waals surface area contributed by atoms with Crippen LogP contribution in [-0.2, 0) is 5.41 Å². The molecule has 12 rings (SSSR count). The number of allylic oxidation sites excluding steroid dienone is 8. The predicted molar refractivity (Wildman–Crippen MR) is 233 cm³/mol. The molecule has 0 N–H and O–H groups in total. The first-order valence-electron chi connectivity index (χ1n) is 20.0. The van der Waals surface area contributed by atoms with Crippen LogP contribution >= 0.6 is 0 Å². The van der Waals surface area contributed by atoms with Crippen LogP contribution in [0.4, 0.5) is 0 Å². The van der Waals surface area contributed by atoms with Gasteiger partial charge in [0.1, 0.15) is 11.0 Å². The fourth-order valence-corrected chi connectivity index (χ4v) is 9.95. The summed E-state index contributed by atoms with van der Waals surface area (Å²) >= 11 is 0. The van der Waals surface area contributed by atoms with Gasteiger partial charge in [-0.2, -0.15) is 0 Å². The first-order valence-corrected chi connectivity index (χ1v) is 20.0. The molecule has 0 amide bonds. The first-order chi connectivity index (χ1) is 28.3. The smallest absolute Gasteiger partial charge is 0.115 e. The fraction of sp³-hybridized carbons (Fsp3) is 0.0962. The summed E-state index contributed by atoms with van der Waals surface area (Å²) in [5.74, 6) is 0. The van der Waals surface area contributed by atoms with Crippen LogP contribution in [0.15, 0.2) is 187 Å². The van der Waals surface area contributed by atoms with Gasteiger partial charge in [0.05, 0.1) is 38.7 Å². The van der Waals surface area contributed by atoms with Gasteiger partial charge in [0.25, 0.3) is 0 Å². The van der Waals surface area contributed by atoms with Crippen molar-refractivity contribution in [3.63, 3.8) is 0 Å². The van der Waals surface area contributed by atoms with E-state index in [0.29, 0.717) is 0 Å². The Kier molecular flexibility index (Phi) is 7.03. The Morgan fingerprint density at radius 1 is 0.526 bits per heavy atom. The number of hydrogen-bond acceptors (Lipinski definition) is 3. The third kappa shape index (κ3) is 4.60. The van der Waals surface area contributed by atoms with Gasteiger partial charge in [-0.3, -0.25) is 9.97 Å². The molecule has 3 aliphatic rings. The van der Waals surface area contributed by atoms with Crippen molar-refractivity contribution in [2.45, 2.75) is 31.1 Å². The van der Waals surface area contributed by atoms with Gasteiger partial charge in [-0.1, -0.05) is 103 Å². The van der Waals surface area contributed by atoms with Gasteiger partial charge < -0.3 is 9.13 Å². The molecule has 5 aromatic heterocycles. The van der Waals surface area contributed by atoms with Crippen LogP contribution in [0.3, 0.4) is 0 Å². The minimum atomic E-state index is -0.455. The summed E-state index contributed by atoms with van der Waals surface area (Å²) in [4.78, 5) is 15.1. The van der Waals surface area contributed by atoms with E-state index < -0.39 is 5.41 Å². The topological polar surface area (TPSA) is 48.5 Å². The number of rotatable bonds is 5. The van der Waals surface area contributed by atoms with Gasteiger partial charge in [-0.15, -0.1) is 0 Å². The van der Waals surface area contributed by atoms with Crippen molar-refractivity contribution in [2.75, 3.05) is 0 Å². The van der Waals surface area contributed by atoms with Crippen LogP contribution in [0.25, 0.3) is 72.1 Å². The molecule has 1 atom stereocenters. The molecule has 9 aromatic rings. The largest absolute Gasteiger partial charge is 0.308 e. The lowest BCUT2D eigenvalue weighted by molar-refractivity contribution is 0.718. The number of para-hydroxylation sites is 1. The highest BCUT2D eigenvalue weighted by molar-refractivity contribution is 6.09. The molecule has 1 unspecified atom stereocenters. The minimum absolute atomic E-state index is 0.455. The van der Waals surface area contributed by atoms with Crippen LogP contribution in [0, 0.1) is 0 Å². The Hall–Kier alpha value is -7.11. The maximum Gasteiger partial charge on any atom is 0.115 e. The summed E-state index contributed by atoms with van der Waals surface area (Å²) in [5, 5.41) is 1.17. The van der Waals surface area contributed by atoms with Crippen LogP contribution in [0.1, 0.15) is 42.5 Å². The maximum absolute atomic E-state index is 5.81. The number of hydrogen-bond donors (Lipinski definition) is 0. The second-order valence-electron chi connectivity index (χ2n) is 15.4. The summed E-state index contributed by atoms with van der Waals surface area (Å²) in [6, 6.07) is 48.3. The number of benzene rings is 4. The first kappa shape index (κ1) is 32.2. The molecular weight excluding hydrogens is 695 g/mol. The van der Waals surface area contributed by atoms with Crippen molar-refractivity contribution in [3.8, 4) is 22.5 Å². The van der Waals surface area contributed by atoms with Crippen LogP contribution in [0.5, 0.6) is 0 Å². The molecule has 0 radical (unpaired) electrons. The van der Waals surface area contributed by atoms with Crippen molar-refractivity contribution in [3.05, 3.63) is 204 Å². The number of fused-ring (bicyclic) bond motifs is 8. The van der Waals surface area contributed by atoms with E-state index in [9.17, 15) is 0 Å². The molecule has 0 aliphatic heterocycles. The van der Waals surface area contributed by atoms with Gasteiger partial charge in [0.2, 0.25) is 0 Å². The quantitative estimate of drug-likeness (QED) is 0.177. The van der Waals surface area contributed by atoms with Gasteiger partial charge in [-0.05, 0) is 120 Å². The van der Waals surface area contributed by atoms with Crippen molar-refractivity contribution in [1.82, 2.24) is 24.1 Å². The monoisotopic (exact) mass is 731 g/mol. The van der Waals surface area contributed by atoms with Gasteiger partial charge in [0.15, 0.2) is 0 Å². The maximum atomic E-state index is 5.81. The Labute approximate surface area is 330 Å². The van der Waals surface area contributed by atoms with E-state index >= 15 is 0 Å². The third-order valence-corrected chi connectivity index (χ3v) is 12.4. The molecule has 3 aliphatic carbocycles. The number of nitrogens with zero attached hydrogens (tertiary/aromatic N) is 5. The summed E-state index contributed by atoms with van der Waals surface area (Å²) in [5.41, 5.74) is 19.2. The zero-order chi connectivity index (χ0) is 37.5. The van der Waals surface area contributed by atoms with Crippen LogP contribution in [-0.4, -0.2) is 24.1 Å². The van der Waals surface area contributed by atoms with Crippen molar-refractivity contribution >= 4 is 49.6 Å². The average molecular weight is 732 g/mol. The second kappa shape index (κ2) is 12.5. The third-order valence-electron chi connectivity index (χ3n) is 12.4. The van der Waals surface area contributed by atoms with Crippen molar-refractivity contribution in [1.29, 1.82) is 0 Å². The molecule has 0 saturated heterocycles. The lowest BCUT2D eigenvalue weighted by Crippen LogP contribution is -2.31. The molecule has 5 heterocycles. The summed E-state index contributed by atoms with van der Waals surface area (Å²) in [7, 11) is 0. The van der Waals surface area contributed by atoms with Crippen LogP contribution < -0.4 is 0 Å². The molecule has 4 aromatic carbocycles. The van der Waals surface area contributed by atoms with E-state index in [1.165, 1.54) is 38.8 Å². The van der Waals surface area contributed by atoms with Crippen LogP contribution in [0.2, 0.25) is 0 Å². The molecule has 0 bridgehead atoms. The highest BCUT2D eigenvalue weighted by Crippen LogP contribution is 2.58. The summed E-state index contributed by atoms with van der Waals surface area (Å²) in [6.07, 6.45) is 19.8. The van der Waals surface area contributed by atoms with E-state index in [1.54, 1.807) is 0 Å². The lowest BCUT2D eigenvalue weighted by atomic mass is 9.66. The van der Waals surface area contributed by atoms with E-state index in [-0.39, 0.29) is 0 Å². The highest BCUT2D eigenvalue weighted by atomic mass is 15.0. The normalized spacial score (nSPS) is 17.5. The lowest BCUT2D eigenvalue weighted by Gasteiger charge is -2.36. The highest BCUT2D eigenvalue weighted by Gasteiger charge is 2.49. The number of aromatic nitrogens is 5. The van der Waals surface area contributed by atoms with E-state index in [0.717, 1.165) is 86.9 Å². The van der Waals surface area contributed by atoms with E-state index in [4.69, 9.17) is 4.98 Å². The fourth-order valence-electron chi connectivity index (χ4n) is 9.95. The Balaban J connectivity index is 0.992. The predicted octanol–water partition coefficient (Wildman–Crippen LogP) is 12.4. The minimum Gasteiger partial charge on any atom is -0.308 e. The molecule has 0 saturated carbocycles. The zero-order valence-electron chi connectivity index (χ0n) is 31.3. The summed E-state index contributed by atoms with van der Waals surface area (Å²) in [6.45, 7) is 0. The van der Waals surface area contributed by atoms with E-state index in [1.807, 2.05) is 24.5 Å². The van der Waals surface area contributed by atoms with Gasteiger partial charge in [0, 0.05) is 34.7 Å². The Morgan fingerprint density at radius 2 is 1.16 bits per heavy atom. The molecular formula is C52H37N5. The van der Waals surface area contributed by atoms with Gasteiger partial charge in [-0.25, -0.2) is 4.98 Å². The Bertz CT molecular complexity index is 3160. The molecule has 5 nitrogen and oxygen atoms in total.